The van der Waals surface area contributed by atoms with Gasteiger partial charge in [0.2, 0.25) is 5.91 Å². The Hall–Kier alpha value is -1.45. The zero-order valence-corrected chi connectivity index (χ0v) is 16.0. The van der Waals surface area contributed by atoms with Crippen LogP contribution in [0.1, 0.15) is 41.6 Å². The predicted octanol–water partition coefficient (Wildman–Crippen LogP) is 5.46. The van der Waals surface area contributed by atoms with Crippen molar-refractivity contribution in [2.75, 3.05) is 5.75 Å². The summed E-state index contributed by atoms with van der Waals surface area (Å²) < 4.78 is 0. The average Bonchev–Trinajstić information content (AvgIpc) is 2.57. The minimum absolute atomic E-state index is 0.0668. The first-order valence-electron chi connectivity index (χ1n) is 8.19. The second kappa shape index (κ2) is 9.14. The van der Waals surface area contributed by atoms with Gasteiger partial charge in [0.1, 0.15) is 0 Å². The second-order valence-corrected chi connectivity index (χ2v) is 7.35. The number of carbonyl (C=O) groups excluding carboxylic acids is 1. The van der Waals surface area contributed by atoms with E-state index >= 15 is 0 Å². The summed E-state index contributed by atoms with van der Waals surface area (Å²) in [5, 5.41) is 3.89. The van der Waals surface area contributed by atoms with Crippen molar-refractivity contribution in [1.29, 1.82) is 0 Å². The molecule has 0 aliphatic rings. The van der Waals surface area contributed by atoms with Gasteiger partial charge in [0.25, 0.3) is 0 Å². The van der Waals surface area contributed by atoms with Crippen LogP contribution in [-0.2, 0) is 10.5 Å². The number of benzene rings is 2. The van der Waals surface area contributed by atoms with E-state index in [9.17, 15) is 4.79 Å². The van der Waals surface area contributed by atoms with E-state index in [0.717, 1.165) is 22.8 Å². The summed E-state index contributed by atoms with van der Waals surface area (Å²) in [6, 6.07) is 14.2. The third-order valence-corrected chi connectivity index (χ3v) is 5.48. The monoisotopic (exact) mass is 361 g/mol. The van der Waals surface area contributed by atoms with Crippen molar-refractivity contribution in [3.8, 4) is 0 Å². The molecule has 0 aliphatic heterocycles. The Morgan fingerprint density at radius 2 is 1.92 bits per heavy atom. The molecule has 1 unspecified atom stereocenters. The molecule has 0 aliphatic carbocycles. The van der Waals surface area contributed by atoms with E-state index in [-0.39, 0.29) is 11.9 Å². The summed E-state index contributed by atoms with van der Waals surface area (Å²) in [6.07, 6.45) is 0.878. The van der Waals surface area contributed by atoms with Crippen molar-refractivity contribution in [3.05, 3.63) is 69.7 Å². The zero-order chi connectivity index (χ0) is 17.5. The smallest absolute Gasteiger partial charge is 0.230 e. The van der Waals surface area contributed by atoms with Gasteiger partial charge in [-0.3, -0.25) is 4.79 Å². The van der Waals surface area contributed by atoms with Gasteiger partial charge >= 0.3 is 0 Å². The van der Waals surface area contributed by atoms with E-state index < -0.39 is 0 Å². The molecule has 1 amide bonds. The summed E-state index contributed by atoms with van der Waals surface area (Å²) in [7, 11) is 0. The van der Waals surface area contributed by atoms with E-state index in [1.54, 1.807) is 11.8 Å². The summed E-state index contributed by atoms with van der Waals surface area (Å²) in [5.74, 6) is 1.25. The average molecular weight is 362 g/mol. The number of nitrogens with one attached hydrogen (secondary N) is 1. The van der Waals surface area contributed by atoms with Gasteiger partial charge < -0.3 is 5.32 Å². The van der Waals surface area contributed by atoms with Crippen molar-refractivity contribution >= 4 is 29.3 Å². The lowest BCUT2D eigenvalue weighted by molar-refractivity contribution is -0.119. The van der Waals surface area contributed by atoms with E-state index in [1.807, 2.05) is 24.3 Å². The van der Waals surface area contributed by atoms with Gasteiger partial charge in [-0.1, -0.05) is 54.9 Å². The number of hydrogen-bond acceptors (Lipinski definition) is 2. The normalized spacial score (nSPS) is 12.0. The number of rotatable bonds is 7. The fourth-order valence-electron chi connectivity index (χ4n) is 2.51. The van der Waals surface area contributed by atoms with Crippen LogP contribution in [0.5, 0.6) is 0 Å². The lowest BCUT2D eigenvalue weighted by atomic mass is 9.99. The third-order valence-electron chi connectivity index (χ3n) is 4.13. The molecule has 1 N–H and O–H groups in total. The molecule has 2 rings (SSSR count). The highest BCUT2D eigenvalue weighted by atomic mass is 35.5. The molecule has 4 heteroatoms. The van der Waals surface area contributed by atoms with Crippen LogP contribution in [0, 0.1) is 13.8 Å². The van der Waals surface area contributed by atoms with Gasteiger partial charge in [-0.25, -0.2) is 0 Å². The molecule has 128 valence electrons. The maximum absolute atomic E-state index is 12.2. The van der Waals surface area contributed by atoms with E-state index in [0.29, 0.717) is 5.75 Å². The molecule has 0 bridgehead atoms. The standard InChI is InChI=1S/C20H24ClNOS/c1-4-19(16-10-9-14(2)15(3)11-16)22-20(23)13-24-12-17-7-5-6-8-18(17)21/h5-11,19H,4,12-13H2,1-3H3,(H,22,23). The summed E-state index contributed by atoms with van der Waals surface area (Å²) in [5.41, 5.74) is 4.77. The van der Waals surface area contributed by atoms with Gasteiger partial charge in [0.15, 0.2) is 0 Å². The Balaban J connectivity index is 1.88. The number of hydrogen-bond donors (Lipinski definition) is 1. The third kappa shape index (κ3) is 5.29. The molecule has 0 radical (unpaired) electrons. The fraction of sp³-hybridized carbons (Fsp3) is 0.350. The van der Waals surface area contributed by atoms with Crippen molar-refractivity contribution in [1.82, 2.24) is 5.32 Å². The van der Waals surface area contributed by atoms with Gasteiger partial charge in [0, 0.05) is 10.8 Å². The highest BCUT2D eigenvalue weighted by Gasteiger charge is 2.13. The van der Waals surface area contributed by atoms with Gasteiger partial charge in [-0.15, -0.1) is 11.8 Å². The molecule has 0 heterocycles. The van der Waals surface area contributed by atoms with Crippen LogP contribution in [0.15, 0.2) is 42.5 Å². The van der Waals surface area contributed by atoms with Crippen molar-refractivity contribution in [2.24, 2.45) is 0 Å². The maximum Gasteiger partial charge on any atom is 0.230 e. The Labute approximate surface area is 154 Å². The molecule has 0 spiro atoms. The molecular formula is C20H24ClNOS. The van der Waals surface area contributed by atoms with Crippen LogP contribution in [0.4, 0.5) is 0 Å². The van der Waals surface area contributed by atoms with Crippen LogP contribution in [0.2, 0.25) is 5.02 Å². The molecule has 0 aromatic heterocycles. The van der Waals surface area contributed by atoms with Gasteiger partial charge in [-0.05, 0) is 48.6 Å². The first-order chi connectivity index (χ1) is 11.5. The largest absolute Gasteiger partial charge is 0.349 e. The quantitative estimate of drug-likeness (QED) is 0.709. The summed E-state index contributed by atoms with van der Waals surface area (Å²) in [6.45, 7) is 6.30. The maximum atomic E-state index is 12.2. The Morgan fingerprint density at radius 1 is 1.17 bits per heavy atom. The molecule has 2 aromatic carbocycles. The van der Waals surface area contributed by atoms with Crippen LogP contribution in [-0.4, -0.2) is 11.7 Å². The Kier molecular flexibility index (Phi) is 7.19. The highest BCUT2D eigenvalue weighted by molar-refractivity contribution is 7.99. The van der Waals surface area contributed by atoms with E-state index in [4.69, 9.17) is 11.6 Å². The Bertz CT molecular complexity index is 702. The summed E-state index contributed by atoms with van der Waals surface area (Å²) >= 11 is 7.73. The SMILES string of the molecule is CCC(NC(=O)CSCc1ccccc1Cl)c1ccc(C)c(C)c1. The fourth-order valence-corrected chi connectivity index (χ4v) is 3.63. The molecular weight excluding hydrogens is 338 g/mol. The van der Waals surface area contributed by atoms with Crippen molar-refractivity contribution in [2.45, 2.75) is 39.0 Å². The lowest BCUT2D eigenvalue weighted by Crippen LogP contribution is -2.29. The summed E-state index contributed by atoms with van der Waals surface area (Å²) in [4.78, 5) is 12.2. The first-order valence-corrected chi connectivity index (χ1v) is 9.72. The lowest BCUT2D eigenvalue weighted by Gasteiger charge is -2.18. The zero-order valence-electron chi connectivity index (χ0n) is 14.4. The molecule has 0 saturated heterocycles. The predicted molar refractivity (Wildman–Crippen MR) is 105 cm³/mol. The van der Waals surface area contributed by atoms with Crippen LogP contribution in [0.25, 0.3) is 0 Å². The molecule has 24 heavy (non-hydrogen) atoms. The van der Waals surface area contributed by atoms with Crippen LogP contribution < -0.4 is 5.32 Å². The number of amides is 1. The number of aryl methyl sites for hydroxylation is 2. The van der Waals surface area contributed by atoms with Gasteiger partial charge in [0.05, 0.1) is 11.8 Å². The minimum atomic E-state index is 0.0668. The molecule has 2 nitrogen and oxygen atoms in total. The molecule has 1 atom stereocenters. The number of halogens is 1. The molecule has 2 aromatic rings. The van der Waals surface area contributed by atoms with Crippen LogP contribution in [0.3, 0.4) is 0 Å². The van der Waals surface area contributed by atoms with E-state index in [1.165, 1.54) is 16.7 Å². The first kappa shape index (κ1) is 18.9. The van der Waals surface area contributed by atoms with E-state index in [2.05, 4.69) is 44.3 Å². The van der Waals surface area contributed by atoms with Crippen molar-refractivity contribution in [3.63, 3.8) is 0 Å². The molecule has 0 fully saturated rings. The number of thioether (sulfide) groups is 1. The molecule has 0 saturated carbocycles. The van der Waals surface area contributed by atoms with Crippen molar-refractivity contribution < 1.29 is 4.79 Å². The minimum Gasteiger partial charge on any atom is -0.349 e. The highest BCUT2D eigenvalue weighted by Crippen LogP contribution is 2.22. The number of carbonyl (C=O) groups is 1. The van der Waals surface area contributed by atoms with Crippen LogP contribution >= 0.6 is 23.4 Å². The topological polar surface area (TPSA) is 29.1 Å². The van der Waals surface area contributed by atoms with Gasteiger partial charge in [-0.2, -0.15) is 0 Å². The Morgan fingerprint density at radius 3 is 2.58 bits per heavy atom. The second-order valence-electron chi connectivity index (χ2n) is 5.96.